The summed E-state index contributed by atoms with van der Waals surface area (Å²) in [5.74, 6) is 0.751. The number of ether oxygens (including phenoxy) is 1. The molecular weight excluding hydrogens is 281 g/mol. The molecule has 1 N–H and O–H groups in total. The van der Waals surface area contributed by atoms with Gasteiger partial charge in [0.2, 0.25) is 0 Å². The molecule has 0 saturated heterocycles. The largest absolute Gasteiger partial charge is 0.490 e. The predicted octanol–water partition coefficient (Wildman–Crippen LogP) is 3.24. The first kappa shape index (κ1) is 14.5. The lowest BCUT2D eigenvalue weighted by atomic mass is 10.1. The Morgan fingerprint density at radius 2 is 2.15 bits per heavy atom. The minimum atomic E-state index is -0.219. The fourth-order valence-corrected chi connectivity index (χ4v) is 2.12. The van der Waals surface area contributed by atoms with Crippen LogP contribution in [0.2, 0.25) is 5.15 Å². The summed E-state index contributed by atoms with van der Waals surface area (Å²) in [5.41, 5.74) is 2.01. The van der Waals surface area contributed by atoms with Crippen LogP contribution >= 0.6 is 11.6 Å². The first-order valence-electron chi connectivity index (χ1n) is 6.15. The van der Waals surface area contributed by atoms with E-state index in [4.69, 9.17) is 16.3 Å². The highest BCUT2D eigenvalue weighted by atomic mass is 35.5. The minimum absolute atomic E-state index is 0.219. The first-order chi connectivity index (χ1) is 9.61. The van der Waals surface area contributed by atoms with Gasteiger partial charge in [-0.25, -0.2) is 14.4 Å². The Balaban J connectivity index is 2.01. The summed E-state index contributed by atoms with van der Waals surface area (Å²) in [5, 5.41) is 3.41. The third kappa shape index (κ3) is 3.36. The lowest BCUT2D eigenvalue weighted by Gasteiger charge is -2.11. The van der Waals surface area contributed by atoms with Gasteiger partial charge in [-0.3, -0.25) is 0 Å². The third-order valence-corrected chi connectivity index (χ3v) is 3.23. The molecule has 0 unspecified atom stereocenters. The molecule has 1 aromatic heterocycles. The van der Waals surface area contributed by atoms with Crippen LogP contribution in [-0.4, -0.2) is 23.6 Å². The van der Waals surface area contributed by atoms with E-state index < -0.39 is 0 Å². The van der Waals surface area contributed by atoms with E-state index in [9.17, 15) is 4.39 Å². The van der Waals surface area contributed by atoms with E-state index >= 15 is 0 Å². The Bertz CT molecular complexity index is 607. The first-order valence-corrected chi connectivity index (χ1v) is 6.53. The number of hydrogen-bond donors (Lipinski definition) is 1. The van der Waals surface area contributed by atoms with Crippen molar-refractivity contribution in [2.45, 2.75) is 13.3 Å². The van der Waals surface area contributed by atoms with Crippen LogP contribution in [-0.2, 0) is 6.42 Å². The van der Waals surface area contributed by atoms with Gasteiger partial charge in [0.05, 0.1) is 7.11 Å². The van der Waals surface area contributed by atoms with Crippen molar-refractivity contribution in [2.24, 2.45) is 0 Å². The normalized spacial score (nSPS) is 10.4. The zero-order valence-electron chi connectivity index (χ0n) is 11.3. The topological polar surface area (TPSA) is 47.0 Å². The number of nitrogens with one attached hydrogen (secondary N) is 1. The molecule has 0 amide bonds. The van der Waals surface area contributed by atoms with Crippen LogP contribution in [0.25, 0.3) is 0 Å². The molecule has 1 aromatic carbocycles. The molecule has 0 spiro atoms. The lowest BCUT2D eigenvalue weighted by molar-refractivity contribution is 0.413. The molecule has 6 heteroatoms. The summed E-state index contributed by atoms with van der Waals surface area (Å²) in [6, 6.07) is 4.78. The highest BCUT2D eigenvalue weighted by Crippen LogP contribution is 2.28. The average Bonchev–Trinajstić information content (AvgIpc) is 2.41. The molecule has 0 radical (unpaired) electrons. The Morgan fingerprint density at radius 3 is 2.85 bits per heavy atom. The van der Waals surface area contributed by atoms with E-state index in [2.05, 4.69) is 15.3 Å². The molecule has 2 rings (SSSR count). The van der Waals surface area contributed by atoms with Gasteiger partial charge < -0.3 is 10.1 Å². The second kappa shape index (κ2) is 6.52. The van der Waals surface area contributed by atoms with E-state index in [-0.39, 0.29) is 11.0 Å². The molecule has 0 atom stereocenters. The van der Waals surface area contributed by atoms with E-state index in [0.717, 1.165) is 17.5 Å². The predicted molar refractivity (Wildman–Crippen MR) is 76.9 cm³/mol. The van der Waals surface area contributed by atoms with Crippen molar-refractivity contribution in [3.8, 4) is 5.75 Å². The number of methoxy groups -OCH3 is 1. The van der Waals surface area contributed by atoms with Crippen molar-refractivity contribution < 1.29 is 9.13 Å². The zero-order valence-corrected chi connectivity index (χ0v) is 12.0. The summed E-state index contributed by atoms with van der Waals surface area (Å²) in [6.45, 7) is 2.52. The molecule has 0 bridgehead atoms. The molecule has 0 fully saturated rings. The minimum Gasteiger partial charge on any atom is -0.490 e. The molecule has 4 nitrogen and oxygen atoms in total. The molecule has 0 saturated carbocycles. The zero-order chi connectivity index (χ0) is 14.5. The van der Waals surface area contributed by atoms with Crippen LogP contribution < -0.4 is 10.1 Å². The summed E-state index contributed by atoms with van der Waals surface area (Å²) in [7, 11) is 1.51. The molecule has 0 aliphatic rings. The van der Waals surface area contributed by atoms with Crippen molar-refractivity contribution in [3.63, 3.8) is 0 Å². The van der Waals surface area contributed by atoms with E-state index in [1.54, 1.807) is 6.07 Å². The second-order valence-corrected chi connectivity index (χ2v) is 4.65. The fraction of sp³-hybridized carbons (Fsp3) is 0.286. The van der Waals surface area contributed by atoms with Crippen molar-refractivity contribution in [3.05, 3.63) is 46.6 Å². The van der Waals surface area contributed by atoms with Crippen LogP contribution in [0.3, 0.4) is 0 Å². The number of hydrogen-bond acceptors (Lipinski definition) is 4. The maximum Gasteiger partial charge on any atom is 0.198 e. The molecule has 0 aliphatic carbocycles. The SMILES string of the molecule is COc1c(Cl)ncnc1NCCc1ccc(F)cc1C. The number of benzene rings is 1. The standard InChI is InChI=1S/C14H15ClFN3O/c1-9-7-11(16)4-3-10(9)5-6-17-14-12(20-2)13(15)18-8-19-14/h3-4,7-8H,5-6H2,1-2H3,(H,17,18,19). The van der Waals surface area contributed by atoms with Crippen LogP contribution in [0.15, 0.2) is 24.5 Å². The van der Waals surface area contributed by atoms with Crippen LogP contribution in [0.5, 0.6) is 5.75 Å². The second-order valence-electron chi connectivity index (χ2n) is 4.29. The Hall–Kier alpha value is -1.88. The fourth-order valence-electron chi connectivity index (χ4n) is 1.91. The van der Waals surface area contributed by atoms with Gasteiger partial charge >= 0.3 is 0 Å². The summed E-state index contributed by atoms with van der Waals surface area (Å²) in [6.07, 6.45) is 2.12. The Morgan fingerprint density at radius 1 is 1.35 bits per heavy atom. The van der Waals surface area contributed by atoms with E-state index in [0.29, 0.717) is 18.1 Å². The van der Waals surface area contributed by atoms with E-state index in [1.807, 2.05) is 6.92 Å². The molecule has 0 aliphatic heterocycles. The van der Waals surface area contributed by atoms with Gasteiger partial charge in [-0.2, -0.15) is 0 Å². The van der Waals surface area contributed by atoms with Crippen LogP contribution in [0, 0.1) is 12.7 Å². The molecule has 1 heterocycles. The van der Waals surface area contributed by atoms with Gasteiger partial charge in [0.15, 0.2) is 16.7 Å². The smallest absolute Gasteiger partial charge is 0.198 e. The third-order valence-electron chi connectivity index (χ3n) is 2.96. The summed E-state index contributed by atoms with van der Waals surface area (Å²) >= 11 is 5.91. The highest BCUT2D eigenvalue weighted by molar-refractivity contribution is 6.31. The quantitative estimate of drug-likeness (QED) is 0.860. The number of aromatic nitrogens is 2. The maximum atomic E-state index is 13.0. The number of rotatable bonds is 5. The molecular formula is C14H15ClFN3O. The molecule has 106 valence electrons. The maximum absolute atomic E-state index is 13.0. The van der Waals surface area contributed by atoms with Crippen molar-refractivity contribution in [1.29, 1.82) is 0 Å². The van der Waals surface area contributed by atoms with Crippen LogP contribution in [0.4, 0.5) is 10.2 Å². The van der Waals surface area contributed by atoms with Crippen molar-refractivity contribution in [1.82, 2.24) is 9.97 Å². The van der Waals surface area contributed by atoms with Gasteiger partial charge in [-0.05, 0) is 36.6 Å². The van der Waals surface area contributed by atoms with Crippen molar-refractivity contribution in [2.75, 3.05) is 19.0 Å². The number of halogens is 2. The van der Waals surface area contributed by atoms with Gasteiger partial charge in [0.25, 0.3) is 0 Å². The Labute approximate surface area is 122 Å². The summed E-state index contributed by atoms with van der Waals surface area (Å²) < 4.78 is 18.2. The average molecular weight is 296 g/mol. The number of anilines is 1. The number of aryl methyl sites for hydroxylation is 1. The molecule has 2 aromatic rings. The molecule has 20 heavy (non-hydrogen) atoms. The monoisotopic (exact) mass is 295 g/mol. The van der Waals surface area contributed by atoms with Gasteiger partial charge in [-0.15, -0.1) is 0 Å². The lowest BCUT2D eigenvalue weighted by Crippen LogP contribution is -2.09. The van der Waals surface area contributed by atoms with Gasteiger partial charge in [0.1, 0.15) is 12.1 Å². The van der Waals surface area contributed by atoms with Crippen molar-refractivity contribution >= 4 is 17.4 Å². The van der Waals surface area contributed by atoms with Gasteiger partial charge in [0, 0.05) is 6.54 Å². The number of nitrogens with zero attached hydrogens (tertiary/aromatic N) is 2. The summed E-state index contributed by atoms with van der Waals surface area (Å²) in [4.78, 5) is 7.93. The van der Waals surface area contributed by atoms with Crippen LogP contribution in [0.1, 0.15) is 11.1 Å². The Kier molecular flexibility index (Phi) is 4.74. The highest BCUT2D eigenvalue weighted by Gasteiger charge is 2.09. The van der Waals surface area contributed by atoms with E-state index in [1.165, 1.54) is 25.6 Å². The van der Waals surface area contributed by atoms with Gasteiger partial charge in [-0.1, -0.05) is 17.7 Å².